The van der Waals surface area contributed by atoms with Gasteiger partial charge in [0, 0.05) is 26.3 Å². The molecule has 0 aromatic carbocycles. The Kier molecular flexibility index (Phi) is 8.53. The molecular formula is C11H22IN3O2. The van der Waals surface area contributed by atoms with Crippen LogP contribution in [0.5, 0.6) is 0 Å². The number of aliphatic hydroxyl groups is 1. The highest BCUT2D eigenvalue weighted by atomic mass is 127. The van der Waals surface area contributed by atoms with Gasteiger partial charge in [0.05, 0.1) is 5.60 Å². The van der Waals surface area contributed by atoms with E-state index in [2.05, 4.69) is 16.9 Å². The molecule has 0 bridgehead atoms. The lowest BCUT2D eigenvalue weighted by atomic mass is 9.91. The maximum Gasteiger partial charge on any atom is 0.188 e. The molecule has 1 heterocycles. The van der Waals surface area contributed by atoms with Crippen LogP contribution >= 0.6 is 24.0 Å². The number of nitrogens with two attached hydrogens (primary N) is 1. The average molecular weight is 355 g/mol. The molecule has 17 heavy (non-hydrogen) atoms. The fourth-order valence-electron chi connectivity index (χ4n) is 1.62. The number of guanidine groups is 1. The zero-order chi connectivity index (χ0) is 11.9. The standard InChI is InChI=1S/C11H21N3O2.HI/c1-2-6-13-10(12)14-7-3-11(15)4-8-16-9-5-11;/h2,15H,1,3-9H2,(H3,12,13,14);1H. The summed E-state index contributed by atoms with van der Waals surface area (Å²) in [5.41, 5.74) is 4.98. The van der Waals surface area contributed by atoms with Crippen molar-refractivity contribution in [2.75, 3.05) is 26.3 Å². The van der Waals surface area contributed by atoms with Gasteiger partial charge in [0.25, 0.3) is 0 Å². The second-order valence-corrected chi connectivity index (χ2v) is 4.02. The maximum absolute atomic E-state index is 10.1. The van der Waals surface area contributed by atoms with E-state index in [-0.39, 0.29) is 24.0 Å². The summed E-state index contributed by atoms with van der Waals surface area (Å²) in [6.07, 6.45) is 3.71. The molecule has 0 amide bonds. The van der Waals surface area contributed by atoms with Crippen molar-refractivity contribution in [3.63, 3.8) is 0 Å². The highest BCUT2D eigenvalue weighted by Gasteiger charge is 2.28. The number of nitrogens with zero attached hydrogens (tertiary/aromatic N) is 1. The van der Waals surface area contributed by atoms with Crippen molar-refractivity contribution in [1.82, 2.24) is 5.32 Å². The van der Waals surface area contributed by atoms with Gasteiger partial charge < -0.3 is 20.9 Å². The van der Waals surface area contributed by atoms with Gasteiger partial charge in [-0.1, -0.05) is 6.08 Å². The molecule has 0 aromatic heterocycles. The Balaban J connectivity index is 0.00000256. The predicted molar refractivity (Wildman–Crippen MR) is 79.7 cm³/mol. The quantitative estimate of drug-likeness (QED) is 0.293. The topological polar surface area (TPSA) is 79.9 Å². The molecule has 6 heteroatoms. The van der Waals surface area contributed by atoms with E-state index in [9.17, 15) is 5.11 Å². The van der Waals surface area contributed by atoms with Crippen LogP contribution in [0.2, 0.25) is 0 Å². The largest absolute Gasteiger partial charge is 0.390 e. The van der Waals surface area contributed by atoms with Gasteiger partial charge in [0.1, 0.15) is 0 Å². The minimum Gasteiger partial charge on any atom is -0.390 e. The zero-order valence-electron chi connectivity index (χ0n) is 10.0. The van der Waals surface area contributed by atoms with Crippen LogP contribution in [0.4, 0.5) is 0 Å². The third-order valence-corrected chi connectivity index (χ3v) is 2.71. The molecular weight excluding hydrogens is 333 g/mol. The normalized spacial score (nSPS) is 19.2. The van der Waals surface area contributed by atoms with Gasteiger partial charge >= 0.3 is 0 Å². The van der Waals surface area contributed by atoms with Gasteiger partial charge in [-0.2, -0.15) is 0 Å². The molecule has 1 aliphatic heterocycles. The van der Waals surface area contributed by atoms with Crippen LogP contribution in [0.3, 0.4) is 0 Å². The Morgan fingerprint density at radius 1 is 1.53 bits per heavy atom. The van der Waals surface area contributed by atoms with Crippen molar-refractivity contribution >= 4 is 29.9 Å². The number of rotatable bonds is 5. The van der Waals surface area contributed by atoms with Gasteiger partial charge in [-0.05, 0) is 19.3 Å². The summed E-state index contributed by atoms with van der Waals surface area (Å²) in [5, 5.41) is 13.0. The first-order valence-corrected chi connectivity index (χ1v) is 5.61. The molecule has 1 aliphatic rings. The van der Waals surface area contributed by atoms with Crippen LogP contribution in [-0.2, 0) is 4.74 Å². The predicted octanol–water partition coefficient (Wildman–Crippen LogP) is 0.626. The lowest BCUT2D eigenvalue weighted by Crippen LogP contribution is -2.37. The number of nitrogens with one attached hydrogen (secondary N) is 1. The molecule has 0 aromatic rings. The minimum absolute atomic E-state index is 0. The van der Waals surface area contributed by atoms with Crippen LogP contribution in [0.1, 0.15) is 19.3 Å². The summed E-state index contributed by atoms with van der Waals surface area (Å²) in [4.78, 5) is 4.14. The van der Waals surface area contributed by atoms with E-state index >= 15 is 0 Å². The SMILES string of the molecule is C=CCNC(N)=NCCC1(O)CCOCC1.I. The van der Waals surface area contributed by atoms with Crippen molar-refractivity contribution < 1.29 is 9.84 Å². The van der Waals surface area contributed by atoms with Gasteiger partial charge in [-0.15, -0.1) is 30.6 Å². The monoisotopic (exact) mass is 355 g/mol. The zero-order valence-corrected chi connectivity index (χ0v) is 12.4. The third-order valence-electron chi connectivity index (χ3n) is 2.71. The summed E-state index contributed by atoms with van der Waals surface area (Å²) in [7, 11) is 0. The van der Waals surface area contributed by atoms with E-state index in [1.54, 1.807) is 6.08 Å². The first kappa shape index (κ1) is 16.7. The van der Waals surface area contributed by atoms with Crippen LogP contribution in [0, 0.1) is 0 Å². The van der Waals surface area contributed by atoms with Gasteiger partial charge in [-0.3, -0.25) is 4.99 Å². The number of aliphatic imine (C=N–C) groups is 1. The van der Waals surface area contributed by atoms with E-state index in [0.29, 0.717) is 51.5 Å². The highest BCUT2D eigenvalue weighted by Crippen LogP contribution is 2.23. The van der Waals surface area contributed by atoms with Crippen LogP contribution in [0.15, 0.2) is 17.6 Å². The Morgan fingerprint density at radius 3 is 2.76 bits per heavy atom. The minimum atomic E-state index is -0.625. The number of halogens is 1. The van der Waals surface area contributed by atoms with Crippen molar-refractivity contribution in [3.8, 4) is 0 Å². The van der Waals surface area contributed by atoms with Gasteiger partial charge in [0.2, 0.25) is 0 Å². The van der Waals surface area contributed by atoms with Crippen LogP contribution < -0.4 is 11.1 Å². The fraction of sp³-hybridized carbons (Fsp3) is 0.727. The van der Waals surface area contributed by atoms with Crippen molar-refractivity contribution in [1.29, 1.82) is 0 Å². The molecule has 4 N–H and O–H groups in total. The first-order valence-electron chi connectivity index (χ1n) is 5.61. The summed E-state index contributed by atoms with van der Waals surface area (Å²) >= 11 is 0. The third kappa shape index (κ3) is 6.85. The van der Waals surface area contributed by atoms with Crippen molar-refractivity contribution in [2.24, 2.45) is 10.7 Å². The molecule has 0 saturated carbocycles. The Morgan fingerprint density at radius 2 is 2.18 bits per heavy atom. The molecule has 0 radical (unpaired) electrons. The Labute approximate surface area is 120 Å². The molecule has 0 unspecified atom stereocenters. The molecule has 1 saturated heterocycles. The highest BCUT2D eigenvalue weighted by molar-refractivity contribution is 14.0. The molecule has 1 rings (SSSR count). The lowest BCUT2D eigenvalue weighted by Gasteiger charge is -2.31. The van der Waals surface area contributed by atoms with E-state index in [1.165, 1.54) is 0 Å². The van der Waals surface area contributed by atoms with E-state index in [0.717, 1.165) is 0 Å². The maximum atomic E-state index is 10.1. The van der Waals surface area contributed by atoms with E-state index in [1.807, 2.05) is 0 Å². The van der Waals surface area contributed by atoms with E-state index in [4.69, 9.17) is 10.5 Å². The van der Waals surface area contributed by atoms with Crippen LogP contribution in [-0.4, -0.2) is 43.0 Å². The lowest BCUT2D eigenvalue weighted by molar-refractivity contribution is -0.0662. The number of ether oxygens (including phenoxy) is 1. The van der Waals surface area contributed by atoms with Crippen molar-refractivity contribution in [2.45, 2.75) is 24.9 Å². The van der Waals surface area contributed by atoms with Gasteiger partial charge in [-0.25, -0.2) is 0 Å². The smallest absolute Gasteiger partial charge is 0.188 e. The Hall–Kier alpha value is -0.340. The summed E-state index contributed by atoms with van der Waals surface area (Å²) < 4.78 is 5.20. The molecule has 0 atom stereocenters. The molecule has 0 aliphatic carbocycles. The average Bonchev–Trinajstić information content (AvgIpc) is 2.27. The summed E-state index contributed by atoms with van der Waals surface area (Å²) in [6, 6.07) is 0. The number of hydrogen-bond donors (Lipinski definition) is 3. The fourth-order valence-corrected chi connectivity index (χ4v) is 1.62. The summed E-state index contributed by atoms with van der Waals surface area (Å²) in [5.74, 6) is 0.399. The second kappa shape index (κ2) is 8.71. The van der Waals surface area contributed by atoms with Crippen LogP contribution in [0.25, 0.3) is 0 Å². The molecule has 5 nitrogen and oxygen atoms in total. The number of hydrogen-bond acceptors (Lipinski definition) is 3. The van der Waals surface area contributed by atoms with Gasteiger partial charge in [0.15, 0.2) is 5.96 Å². The molecule has 1 fully saturated rings. The Bertz CT molecular complexity index is 253. The molecule has 0 spiro atoms. The van der Waals surface area contributed by atoms with E-state index < -0.39 is 5.60 Å². The second-order valence-electron chi connectivity index (χ2n) is 4.02. The summed E-state index contributed by atoms with van der Waals surface area (Å²) in [6.45, 7) is 5.97. The first-order chi connectivity index (χ1) is 7.66. The van der Waals surface area contributed by atoms with Crippen molar-refractivity contribution in [3.05, 3.63) is 12.7 Å². The molecule has 100 valence electrons.